The van der Waals surface area contributed by atoms with Crippen LogP contribution in [0.4, 0.5) is 5.00 Å². The first-order valence-electron chi connectivity index (χ1n) is 9.17. The Morgan fingerprint density at radius 1 is 1.00 bits per heavy atom. The Hall–Kier alpha value is -2.43. The second-order valence-electron chi connectivity index (χ2n) is 6.16. The van der Waals surface area contributed by atoms with Crippen molar-refractivity contribution in [1.82, 2.24) is 0 Å². The zero-order valence-corrected chi connectivity index (χ0v) is 20.0. The quantitative estimate of drug-likeness (QED) is 0.294. The average Bonchev–Trinajstić information content (AvgIpc) is 3.16. The van der Waals surface area contributed by atoms with Crippen molar-refractivity contribution in [1.29, 1.82) is 0 Å². The fourth-order valence-electron chi connectivity index (χ4n) is 2.73. The van der Waals surface area contributed by atoms with Crippen molar-refractivity contribution >= 4 is 68.4 Å². The standard InChI is InChI=1S/C22H17ClINO5S/c1-2-29-22(28)19-15(13-7-3-5-9-16(13)23)12-31-20(19)25-18(26)11-30-21(27)14-8-4-6-10-17(14)24/h3-10,12H,2,11H2,1H3,(H,25,26). The Morgan fingerprint density at radius 3 is 2.42 bits per heavy atom. The van der Waals surface area contributed by atoms with Gasteiger partial charge in [-0.3, -0.25) is 4.79 Å². The minimum atomic E-state index is -0.603. The van der Waals surface area contributed by atoms with Crippen LogP contribution in [0.3, 0.4) is 0 Å². The lowest BCUT2D eigenvalue weighted by Crippen LogP contribution is -2.22. The van der Waals surface area contributed by atoms with Crippen molar-refractivity contribution < 1.29 is 23.9 Å². The van der Waals surface area contributed by atoms with Gasteiger partial charge in [0.2, 0.25) is 0 Å². The average molecular weight is 570 g/mol. The number of rotatable bonds is 7. The van der Waals surface area contributed by atoms with Crippen molar-refractivity contribution in [2.75, 3.05) is 18.5 Å². The first-order chi connectivity index (χ1) is 14.9. The van der Waals surface area contributed by atoms with E-state index in [0.717, 1.165) is 14.9 Å². The van der Waals surface area contributed by atoms with Gasteiger partial charge in [-0.25, -0.2) is 9.59 Å². The lowest BCUT2D eigenvalue weighted by atomic mass is 10.0. The van der Waals surface area contributed by atoms with Gasteiger partial charge in [0.05, 0.1) is 12.2 Å². The summed E-state index contributed by atoms with van der Waals surface area (Å²) in [7, 11) is 0. The van der Waals surface area contributed by atoms with E-state index in [-0.39, 0.29) is 12.2 Å². The molecule has 0 aliphatic heterocycles. The van der Waals surface area contributed by atoms with E-state index in [9.17, 15) is 14.4 Å². The smallest absolute Gasteiger partial charge is 0.341 e. The SMILES string of the molecule is CCOC(=O)c1c(-c2ccccc2Cl)csc1NC(=O)COC(=O)c1ccccc1I. The number of hydrogen-bond donors (Lipinski definition) is 1. The summed E-state index contributed by atoms with van der Waals surface area (Å²) < 4.78 is 11.0. The van der Waals surface area contributed by atoms with Crippen LogP contribution in [-0.4, -0.2) is 31.1 Å². The molecular weight excluding hydrogens is 553 g/mol. The van der Waals surface area contributed by atoms with Gasteiger partial charge in [0, 0.05) is 25.1 Å². The van der Waals surface area contributed by atoms with E-state index < -0.39 is 24.5 Å². The van der Waals surface area contributed by atoms with Crippen molar-refractivity contribution in [3.63, 3.8) is 0 Å². The Balaban J connectivity index is 1.78. The van der Waals surface area contributed by atoms with E-state index in [1.807, 2.05) is 22.6 Å². The summed E-state index contributed by atoms with van der Waals surface area (Å²) in [5.41, 5.74) is 1.78. The van der Waals surface area contributed by atoms with Crippen LogP contribution in [0.1, 0.15) is 27.6 Å². The summed E-state index contributed by atoms with van der Waals surface area (Å²) in [6.07, 6.45) is 0. The summed E-state index contributed by atoms with van der Waals surface area (Å²) in [6, 6.07) is 14.0. The second kappa shape index (κ2) is 10.7. The molecule has 3 rings (SSSR count). The zero-order chi connectivity index (χ0) is 22.4. The maximum absolute atomic E-state index is 12.6. The molecule has 2 aromatic carbocycles. The van der Waals surface area contributed by atoms with E-state index >= 15 is 0 Å². The molecule has 1 N–H and O–H groups in total. The van der Waals surface area contributed by atoms with Crippen LogP contribution in [0, 0.1) is 3.57 Å². The van der Waals surface area contributed by atoms with Gasteiger partial charge < -0.3 is 14.8 Å². The van der Waals surface area contributed by atoms with E-state index in [4.69, 9.17) is 21.1 Å². The number of ether oxygens (including phenoxy) is 2. The van der Waals surface area contributed by atoms with Gasteiger partial charge in [-0.15, -0.1) is 11.3 Å². The molecule has 0 aliphatic rings. The lowest BCUT2D eigenvalue weighted by molar-refractivity contribution is -0.119. The Morgan fingerprint density at radius 2 is 1.71 bits per heavy atom. The number of anilines is 1. The van der Waals surface area contributed by atoms with Crippen LogP contribution < -0.4 is 5.32 Å². The molecule has 0 unspecified atom stereocenters. The molecule has 0 radical (unpaired) electrons. The number of thiophene rings is 1. The number of nitrogens with one attached hydrogen (secondary N) is 1. The van der Waals surface area contributed by atoms with E-state index in [2.05, 4.69) is 5.32 Å². The summed E-state index contributed by atoms with van der Waals surface area (Å²) in [5, 5.41) is 5.12. The van der Waals surface area contributed by atoms with Crippen molar-refractivity contribution in [2.45, 2.75) is 6.92 Å². The number of carbonyl (C=O) groups is 3. The van der Waals surface area contributed by atoms with Crippen LogP contribution in [0.25, 0.3) is 11.1 Å². The van der Waals surface area contributed by atoms with Crippen LogP contribution in [-0.2, 0) is 14.3 Å². The van der Waals surface area contributed by atoms with Gasteiger partial charge in [-0.05, 0) is 47.7 Å². The van der Waals surface area contributed by atoms with Crippen molar-refractivity contribution in [3.05, 3.63) is 73.6 Å². The van der Waals surface area contributed by atoms with Gasteiger partial charge in [0.1, 0.15) is 10.6 Å². The molecule has 6 nitrogen and oxygen atoms in total. The predicted molar refractivity (Wildman–Crippen MR) is 129 cm³/mol. The fraction of sp³-hybridized carbons (Fsp3) is 0.136. The first kappa shape index (κ1) is 23.2. The van der Waals surface area contributed by atoms with Gasteiger partial charge in [-0.2, -0.15) is 0 Å². The number of benzene rings is 2. The van der Waals surface area contributed by atoms with Gasteiger partial charge in [-0.1, -0.05) is 41.9 Å². The van der Waals surface area contributed by atoms with Gasteiger partial charge in [0.25, 0.3) is 5.91 Å². The molecule has 9 heteroatoms. The molecule has 0 saturated heterocycles. The minimum Gasteiger partial charge on any atom is -0.462 e. The zero-order valence-electron chi connectivity index (χ0n) is 16.3. The number of amides is 1. The molecule has 31 heavy (non-hydrogen) atoms. The summed E-state index contributed by atoms with van der Waals surface area (Å²) in [4.78, 5) is 37.2. The maximum atomic E-state index is 12.6. The predicted octanol–water partition coefficient (Wildman–Crippen LogP) is 5.65. The second-order valence-corrected chi connectivity index (χ2v) is 8.61. The fourth-order valence-corrected chi connectivity index (χ4v) is 4.54. The van der Waals surface area contributed by atoms with Crippen LogP contribution in [0.2, 0.25) is 5.02 Å². The van der Waals surface area contributed by atoms with Crippen LogP contribution >= 0.6 is 45.5 Å². The molecular formula is C22H17ClINO5S. The largest absolute Gasteiger partial charge is 0.462 e. The monoisotopic (exact) mass is 569 g/mol. The molecule has 0 aliphatic carbocycles. The summed E-state index contributed by atoms with van der Waals surface area (Å²) in [6.45, 7) is 1.38. The number of carbonyl (C=O) groups excluding carboxylic acids is 3. The third kappa shape index (κ3) is 5.63. The van der Waals surface area contributed by atoms with Gasteiger partial charge in [0.15, 0.2) is 6.61 Å². The molecule has 0 saturated carbocycles. The molecule has 0 bridgehead atoms. The van der Waals surface area contributed by atoms with Crippen LogP contribution in [0.5, 0.6) is 0 Å². The highest BCUT2D eigenvalue weighted by Crippen LogP contribution is 2.39. The van der Waals surface area contributed by atoms with E-state index in [1.165, 1.54) is 0 Å². The lowest BCUT2D eigenvalue weighted by Gasteiger charge is -2.10. The molecule has 1 amide bonds. The molecule has 1 aromatic heterocycles. The molecule has 1 heterocycles. The number of hydrogen-bond acceptors (Lipinski definition) is 6. The third-order valence-electron chi connectivity index (χ3n) is 4.12. The minimum absolute atomic E-state index is 0.178. The molecule has 0 spiro atoms. The molecule has 160 valence electrons. The van der Waals surface area contributed by atoms with E-state index in [0.29, 0.717) is 26.7 Å². The normalized spacial score (nSPS) is 10.4. The highest BCUT2D eigenvalue weighted by atomic mass is 127. The number of halogens is 2. The Kier molecular flexibility index (Phi) is 8.05. The third-order valence-corrected chi connectivity index (χ3v) is 6.28. The van der Waals surface area contributed by atoms with E-state index in [1.54, 1.807) is 60.8 Å². The Bertz CT molecular complexity index is 1130. The van der Waals surface area contributed by atoms with Crippen LogP contribution in [0.15, 0.2) is 53.9 Å². The van der Waals surface area contributed by atoms with Crippen molar-refractivity contribution in [3.8, 4) is 11.1 Å². The van der Waals surface area contributed by atoms with Gasteiger partial charge >= 0.3 is 11.9 Å². The summed E-state index contributed by atoms with van der Waals surface area (Å²) >= 11 is 9.47. The molecule has 0 atom stereocenters. The highest BCUT2D eigenvalue weighted by Gasteiger charge is 2.24. The Labute approximate surface area is 201 Å². The molecule has 0 fully saturated rings. The topological polar surface area (TPSA) is 81.7 Å². The summed E-state index contributed by atoms with van der Waals surface area (Å²) in [5.74, 6) is -1.75. The van der Waals surface area contributed by atoms with Crippen molar-refractivity contribution in [2.24, 2.45) is 0 Å². The first-order valence-corrected chi connectivity index (χ1v) is 11.5. The highest BCUT2D eigenvalue weighted by molar-refractivity contribution is 14.1. The maximum Gasteiger partial charge on any atom is 0.341 e. The number of esters is 2. The molecule has 3 aromatic rings.